The van der Waals surface area contributed by atoms with Gasteiger partial charge in [0.05, 0.1) is 18.8 Å². The van der Waals surface area contributed by atoms with E-state index in [2.05, 4.69) is 22.0 Å². The Hall–Kier alpha value is -2.73. The van der Waals surface area contributed by atoms with Crippen LogP contribution in [0.25, 0.3) is 10.6 Å². The molecule has 1 atom stereocenters. The summed E-state index contributed by atoms with van der Waals surface area (Å²) in [6.45, 7) is 7.32. The smallest absolute Gasteiger partial charge is 0.271 e. The predicted molar refractivity (Wildman–Crippen MR) is 103 cm³/mol. The molecule has 0 aliphatic rings. The molecule has 1 aromatic carbocycles. The molecule has 1 aromatic heterocycles. The quantitative estimate of drug-likeness (QED) is 0.601. The third-order valence-electron chi connectivity index (χ3n) is 3.51. The van der Waals surface area contributed by atoms with Crippen molar-refractivity contribution in [2.45, 2.75) is 19.9 Å². The van der Waals surface area contributed by atoms with Gasteiger partial charge >= 0.3 is 0 Å². The van der Waals surface area contributed by atoms with Gasteiger partial charge in [0.15, 0.2) is 0 Å². The second kappa shape index (κ2) is 8.94. The van der Waals surface area contributed by atoms with E-state index in [0.29, 0.717) is 11.4 Å². The normalized spacial score (nSPS) is 12.8. The molecular weight excluding hydrogens is 334 g/mol. The van der Waals surface area contributed by atoms with Crippen LogP contribution in [0.4, 0.5) is 0 Å². The van der Waals surface area contributed by atoms with Crippen molar-refractivity contribution in [2.24, 2.45) is 4.99 Å². The summed E-state index contributed by atoms with van der Waals surface area (Å²) in [5.41, 5.74) is 2.02. The third kappa shape index (κ3) is 4.87. The van der Waals surface area contributed by atoms with Crippen LogP contribution in [0.3, 0.4) is 0 Å². The molecule has 130 valence electrons. The van der Waals surface area contributed by atoms with Crippen molar-refractivity contribution in [3.05, 3.63) is 59.3 Å². The SMILES string of the molecule is C=N/C(=C\C=C/C)C(C)NC(=O)c1csc(-c2ccc(OC)cc2)n1. The number of nitrogens with zero attached hydrogens (tertiary/aromatic N) is 2. The van der Waals surface area contributed by atoms with Crippen molar-refractivity contribution >= 4 is 24.0 Å². The Labute approximate surface area is 151 Å². The number of ether oxygens (including phenoxy) is 1. The van der Waals surface area contributed by atoms with Crippen LogP contribution in [0.1, 0.15) is 24.3 Å². The van der Waals surface area contributed by atoms with Gasteiger partial charge in [-0.15, -0.1) is 11.3 Å². The van der Waals surface area contributed by atoms with Crippen LogP contribution in [-0.2, 0) is 0 Å². The van der Waals surface area contributed by atoms with Gasteiger partial charge in [0.2, 0.25) is 0 Å². The molecule has 1 heterocycles. The van der Waals surface area contributed by atoms with Gasteiger partial charge in [0.1, 0.15) is 16.5 Å². The molecule has 0 fully saturated rings. The maximum Gasteiger partial charge on any atom is 0.271 e. The van der Waals surface area contributed by atoms with Crippen molar-refractivity contribution in [2.75, 3.05) is 7.11 Å². The number of nitrogens with one attached hydrogen (secondary N) is 1. The lowest BCUT2D eigenvalue weighted by Gasteiger charge is -2.13. The number of thiazole rings is 1. The Morgan fingerprint density at radius 3 is 2.72 bits per heavy atom. The number of hydrogen-bond acceptors (Lipinski definition) is 5. The Kier molecular flexibility index (Phi) is 6.65. The Balaban J connectivity index is 2.10. The van der Waals surface area contributed by atoms with Gasteiger partial charge in [0, 0.05) is 10.9 Å². The van der Waals surface area contributed by atoms with Gasteiger partial charge < -0.3 is 10.1 Å². The van der Waals surface area contributed by atoms with Crippen molar-refractivity contribution in [1.29, 1.82) is 0 Å². The lowest BCUT2D eigenvalue weighted by Crippen LogP contribution is -2.33. The van der Waals surface area contributed by atoms with Crippen molar-refractivity contribution in [1.82, 2.24) is 10.3 Å². The molecule has 6 heteroatoms. The Morgan fingerprint density at radius 1 is 1.40 bits per heavy atom. The number of allylic oxidation sites excluding steroid dienone is 3. The van der Waals surface area contributed by atoms with Crippen LogP contribution in [0.2, 0.25) is 0 Å². The maximum atomic E-state index is 12.4. The summed E-state index contributed by atoms with van der Waals surface area (Å²) in [6, 6.07) is 7.31. The molecule has 1 N–H and O–H groups in total. The molecule has 25 heavy (non-hydrogen) atoms. The zero-order valence-corrected chi connectivity index (χ0v) is 15.3. The number of methoxy groups -OCH3 is 1. The average molecular weight is 355 g/mol. The first kappa shape index (κ1) is 18.6. The summed E-state index contributed by atoms with van der Waals surface area (Å²) in [5, 5.41) is 5.42. The minimum absolute atomic E-state index is 0.237. The molecule has 0 radical (unpaired) electrons. The highest BCUT2D eigenvalue weighted by Crippen LogP contribution is 2.25. The number of carbonyl (C=O) groups excluding carboxylic acids is 1. The molecule has 0 aliphatic carbocycles. The first-order valence-corrected chi connectivity index (χ1v) is 8.67. The van der Waals surface area contributed by atoms with E-state index in [1.165, 1.54) is 11.3 Å². The van der Waals surface area contributed by atoms with E-state index >= 15 is 0 Å². The lowest BCUT2D eigenvalue weighted by atomic mass is 10.2. The molecule has 1 amide bonds. The van der Waals surface area contributed by atoms with E-state index in [-0.39, 0.29) is 11.9 Å². The molecule has 0 saturated carbocycles. The third-order valence-corrected chi connectivity index (χ3v) is 4.40. The highest BCUT2D eigenvalue weighted by atomic mass is 32.1. The largest absolute Gasteiger partial charge is 0.497 e. The molecule has 1 unspecified atom stereocenters. The van der Waals surface area contributed by atoms with Crippen molar-refractivity contribution in [3.63, 3.8) is 0 Å². The summed E-state index contributed by atoms with van der Waals surface area (Å²) in [7, 11) is 1.62. The van der Waals surface area contributed by atoms with Crippen LogP contribution in [0, 0.1) is 0 Å². The van der Waals surface area contributed by atoms with Crippen LogP contribution in [0.15, 0.2) is 58.6 Å². The monoisotopic (exact) mass is 355 g/mol. The van der Waals surface area contributed by atoms with E-state index in [0.717, 1.165) is 16.3 Å². The van der Waals surface area contributed by atoms with Crippen molar-refractivity contribution in [3.8, 4) is 16.3 Å². The zero-order chi connectivity index (χ0) is 18.2. The van der Waals surface area contributed by atoms with Gasteiger partial charge in [-0.05, 0) is 50.9 Å². The van der Waals surface area contributed by atoms with Gasteiger partial charge in [0.25, 0.3) is 5.91 Å². The molecule has 0 bridgehead atoms. The van der Waals surface area contributed by atoms with Gasteiger partial charge in [-0.1, -0.05) is 12.2 Å². The molecular formula is C19H21N3O2S. The number of benzene rings is 1. The van der Waals surface area contributed by atoms with Gasteiger partial charge in [-0.3, -0.25) is 9.79 Å². The summed E-state index contributed by atoms with van der Waals surface area (Å²) in [6.07, 6.45) is 5.57. The number of carbonyl (C=O) groups is 1. The second-order valence-electron chi connectivity index (χ2n) is 5.24. The van der Waals surface area contributed by atoms with E-state index in [1.807, 2.05) is 56.3 Å². The summed E-state index contributed by atoms with van der Waals surface area (Å²) in [4.78, 5) is 20.8. The van der Waals surface area contributed by atoms with E-state index in [1.54, 1.807) is 12.5 Å². The van der Waals surface area contributed by atoms with Crippen LogP contribution >= 0.6 is 11.3 Å². The molecule has 5 nitrogen and oxygen atoms in total. The number of aromatic nitrogens is 1. The molecule has 0 spiro atoms. The molecule has 0 aliphatic heterocycles. The van der Waals surface area contributed by atoms with Crippen LogP contribution in [0.5, 0.6) is 5.75 Å². The summed E-state index contributed by atoms with van der Waals surface area (Å²) in [5.74, 6) is 0.544. The fourth-order valence-electron chi connectivity index (χ4n) is 2.12. The summed E-state index contributed by atoms with van der Waals surface area (Å²) < 4.78 is 5.15. The number of amides is 1. The fourth-order valence-corrected chi connectivity index (χ4v) is 2.92. The minimum atomic E-state index is -0.257. The topological polar surface area (TPSA) is 63.6 Å². The van der Waals surface area contributed by atoms with E-state index < -0.39 is 0 Å². The summed E-state index contributed by atoms with van der Waals surface area (Å²) >= 11 is 1.43. The molecule has 0 saturated heterocycles. The maximum absolute atomic E-state index is 12.4. The minimum Gasteiger partial charge on any atom is -0.497 e. The van der Waals surface area contributed by atoms with Crippen LogP contribution in [-0.4, -0.2) is 30.8 Å². The number of aliphatic imine (C=N–C) groups is 1. The predicted octanol–water partition coefficient (Wildman–Crippen LogP) is 4.10. The van der Waals surface area contributed by atoms with Crippen molar-refractivity contribution < 1.29 is 9.53 Å². The number of rotatable bonds is 7. The van der Waals surface area contributed by atoms with Gasteiger partial charge in [-0.2, -0.15) is 0 Å². The average Bonchev–Trinajstić information content (AvgIpc) is 3.12. The highest BCUT2D eigenvalue weighted by Gasteiger charge is 2.16. The van der Waals surface area contributed by atoms with E-state index in [4.69, 9.17) is 4.74 Å². The first-order chi connectivity index (χ1) is 12.1. The second-order valence-corrected chi connectivity index (χ2v) is 6.10. The zero-order valence-electron chi connectivity index (χ0n) is 14.5. The van der Waals surface area contributed by atoms with Gasteiger partial charge in [-0.25, -0.2) is 4.98 Å². The number of hydrogen-bond donors (Lipinski definition) is 1. The van der Waals surface area contributed by atoms with Crippen LogP contribution < -0.4 is 10.1 Å². The fraction of sp³-hybridized carbons (Fsp3) is 0.211. The molecule has 2 aromatic rings. The standard InChI is InChI=1S/C19H21N3O2S/c1-5-6-7-16(20-3)13(2)21-18(23)17-12-25-19(22-17)14-8-10-15(24-4)11-9-14/h5-13H,3H2,1-2,4H3,(H,21,23)/b6-5-,16-7-. The highest BCUT2D eigenvalue weighted by molar-refractivity contribution is 7.13. The van der Waals surface area contributed by atoms with E-state index in [9.17, 15) is 4.79 Å². The lowest BCUT2D eigenvalue weighted by molar-refractivity contribution is 0.0941. The first-order valence-electron chi connectivity index (χ1n) is 7.79. The Bertz CT molecular complexity index is 791. The Morgan fingerprint density at radius 2 is 2.12 bits per heavy atom. The molecule has 2 rings (SSSR count).